The quantitative estimate of drug-likeness (QED) is 0.906. The number of aliphatic hydroxyl groups excluding tert-OH is 1. The summed E-state index contributed by atoms with van der Waals surface area (Å²) in [7, 11) is 0. The number of hydrogen-bond donors (Lipinski definition) is 1. The minimum absolute atomic E-state index is 0.104. The van der Waals surface area contributed by atoms with Gasteiger partial charge in [0.25, 0.3) is 0 Å². The third kappa shape index (κ3) is 2.95. The molecular weight excluding hydrogens is 262 g/mol. The maximum Gasteiger partial charge on any atom is 0.125 e. The zero-order valence-electron chi connectivity index (χ0n) is 13.4. The number of aliphatic hydroxyl groups is 1. The summed E-state index contributed by atoms with van der Waals surface area (Å²) in [5.74, 6) is 2.13. The highest BCUT2D eigenvalue weighted by Crippen LogP contribution is 2.37. The number of benzene rings is 1. The van der Waals surface area contributed by atoms with Crippen LogP contribution in [0.25, 0.3) is 0 Å². The molecule has 0 aromatic heterocycles. The molecule has 1 aromatic rings. The van der Waals surface area contributed by atoms with Crippen molar-refractivity contribution in [1.82, 2.24) is 4.90 Å². The van der Waals surface area contributed by atoms with Gasteiger partial charge in [-0.1, -0.05) is 26.8 Å². The van der Waals surface area contributed by atoms with Crippen LogP contribution in [-0.2, 0) is 0 Å². The number of piperidine rings is 1. The van der Waals surface area contributed by atoms with Gasteiger partial charge in [-0.3, -0.25) is 4.90 Å². The molecule has 116 valence electrons. The van der Waals surface area contributed by atoms with E-state index in [4.69, 9.17) is 4.74 Å². The molecule has 2 unspecified atom stereocenters. The minimum Gasteiger partial charge on any atom is -0.491 e. The third-order valence-electron chi connectivity index (χ3n) is 5.08. The fourth-order valence-electron chi connectivity index (χ4n) is 3.43. The van der Waals surface area contributed by atoms with Gasteiger partial charge < -0.3 is 9.84 Å². The maximum atomic E-state index is 10.8. The topological polar surface area (TPSA) is 32.7 Å². The van der Waals surface area contributed by atoms with Crippen LogP contribution in [0, 0.1) is 5.92 Å². The van der Waals surface area contributed by atoms with E-state index in [1.165, 1.54) is 18.4 Å². The van der Waals surface area contributed by atoms with E-state index in [9.17, 15) is 5.11 Å². The number of ether oxygens (including phenoxy) is 1. The highest BCUT2D eigenvalue weighted by molar-refractivity contribution is 5.42. The normalized spacial score (nSPS) is 27.5. The summed E-state index contributed by atoms with van der Waals surface area (Å²) in [5, 5.41) is 10.8. The van der Waals surface area contributed by atoms with Crippen LogP contribution in [0.3, 0.4) is 0 Å². The van der Waals surface area contributed by atoms with Crippen molar-refractivity contribution in [3.05, 3.63) is 29.3 Å². The molecule has 0 aliphatic carbocycles. The summed E-state index contributed by atoms with van der Waals surface area (Å²) < 4.78 is 5.92. The standard InChI is InChI=1S/C18H27NO2/c1-12(2)14-4-5-17-15(10-14)18(20)16(11-21-17)19-8-6-13(3)7-9-19/h4-5,10,12-13,16,18,20H,6-9,11H2,1-3H3. The monoisotopic (exact) mass is 289 g/mol. The second-order valence-corrected chi connectivity index (χ2v) is 6.99. The van der Waals surface area contributed by atoms with Gasteiger partial charge in [0.1, 0.15) is 18.5 Å². The molecule has 1 N–H and O–H groups in total. The predicted octanol–water partition coefficient (Wildman–Crippen LogP) is 3.34. The lowest BCUT2D eigenvalue weighted by Gasteiger charge is -2.41. The Hall–Kier alpha value is -1.06. The van der Waals surface area contributed by atoms with Crippen LogP contribution in [0.2, 0.25) is 0 Å². The molecule has 0 spiro atoms. The number of fused-ring (bicyclic) bond motifs is 1. The summed E-state index contributed by atoms with van der Waals surface area (Å²) >= 11 is 0. The Morgan fingerprint density at radius 3 is 2.62 bits per heavy atom. The van der Waals surface area contributed by atoms with Gasteiger partial charge in [-0.15, -0.1) is 0 Å². The van der Waals surface area contributed by atoms with Crippen LogP contribution < -0.4 is 4.74 Å². The van der Waals surface area contributed by atoms with Gasteiger partial charge >= 0.3 is 0 Å². The number of nitrogens with zero attached hydrogens (tertiary/aromatic N) is 1. The average molecular weight is 289 g/mol. The lowest BCUT2D eigenvalue weighted by Crippen LogP contribution is -2.49. The molecule has 1 aromatic carbocycles. The molecule has 21 heavy (non-hydrogen) atoms. The van der Waals surface area contributed by atoms with Crippen molar-refractivity contribution in [2.24, 2.45) is 5.92 Å². The summed E-state index contributed by atoms with van der Waals surface area (Å²) in [6.07, 6.45) is 2.02. The van der Waals surface area contributed by atoms with Crippen LogP contribution >= 0.6 is 0 Å². The smallest absolute Gasteiger partial charge is 0.125 e. The number of rotatable bonds is 2. The second-order valence-electron chi connectivity index (χ2n) is 6.99. The van der Waals surface area contributed by atoms with Gasteiger partial charge in [-0.05, 0) is 55.5 Å². The third-order valence-corrected chi connectivity index (χ3v) is 5.08. The Morgan fingerprint density at radius 1 is 1.24 bits per heavy atom. The highest BCUT2D eigenvalue weighted by Gasteiger charge is 2.35. The van der Waals surface area contributed by atoms with Crippen LogP contribution in [0.5, 0.6) is 5.75 Å². The van der Waals surface area contributed by atoms with E-state index in [0.29, 0.717) is 12.5 Å². The largest absolute Gasteiger partial charge is 0.491 e. The molecule has 3 rings (SSSR count). The predicted molar refractivity (Wildman–Crippen MR) is 84.7 cm³/mol. The minimum atomic E-state index is -0.430. The van der Waals surface area contributed by atoms with Gasteiger partial charge in [-0.25, -0.2) is 0 Å². The zero-order valence-corrected chi connectivity index (χ0v) is 13.4. The zero-order chi connectivity index (χ0) is 15.0. The van der Waals surface area contributed by atoms with E-state index in [0.717, 1.165) is 30.3 Å². The Balaban J connectivity index is 1.80. The van der Waals surface area contributed by atoms with Gasteiger partial charge in [0, 0.05) is 5.56 Å². The Labute approximate surface area is 127 Å². The first kappa shape index (κ1) is 14.9. The number of hydrogen-bond acceptors (Lipinski definition) is 3. The van der Waals surface area contributed by atoms with E-state index in [1.54, 1.807) is 0 Å². The molecule has 0 radical (unpaired) electrons. The first-order valence-electron chi connectivity index (χ1n) is 8.25. The van der Waals surface area contributed by atoms with Crippen molar-refractivity contribution in [1.29, 1.82) is 0 Å². The molecule has 1 fully saturated rings. The van der Waals surface area contributed by atoms with Gasteiger partial charge in [-0.2, -0.15) is 0 Å². The maximum absolute atomic E-state index is 10.8. The van der Waals surface area contributed by atoms with Gasteiger partial charge in [0.05, 0.1) is 6.04 Å². The molecule has 2 aliphatic heterocycles. The molecule has 3 heteroatoms. The second kappa shape index (κ2) is 5.98. The average Bonchev–Trinajstić information content (AvgIpc) is 2.48. The summed E-state index contributed by atoms with van der Waals surface area (Å²) in [4.78, 5) is 2.41. The fraction of sp³-hybridized carbons (Fsp3) is 0.667. The van der Waals surface area contributed by atoms with Crippen molar-refractivity contribution in [2.45, 2.75) is 51.7 Å². The summed E-state index contributed by atoms with van der Waals surface area (Å²) in [6.45, 7) is 9.43. The van der Waals surface area contributed by atoms with E-state index in [2.05, 4.69) is 37.8 Å². The van der Waals surface area contributed by atoms with Crippen LogP contribution in [0.4, 0.5) is 0 Å². The molecule has 1 saturated heterocycles. The molecule has 2 aliphatic rings. The lowest BCUT2D eigenvalue weighted by molar-refractivity contribution is -0.00978. The molecule has 2 heterocycles. The molecule has 3 nitrogen and oxygen atoms in total. The van der Waals surface area contributed by atoms with Crippen LogP contribution in [0.15, 0.2) is 18.2 Å². The first-order chi connectivity index (χ1) is 10.1. The van der Waals surface area contributed by atoms with E-state index < -0.39 is 6.10 Å². The van der Waals surface area contributed by atoms with Crippen LogP contribution in [0.1, 0.15) is 56.8 Å². The Morgan fingerprint density at radius 2 is 1.95 bits per heavy atom. The fourth-order valence-corrected chi connectivity index (χ4v) is 3.43. The van der Waals surface area contributed by atoms with E-state index in [1.807, 2.05) is 6.07 Å². The van der Waals surface area contributed by atoms with Crippen molar-refractivity contribution in [3.63, 3.8) is 0 Å². The molecular formula is C18H27NO2. The van der Waals surface area contributed by atoms with Crippen molar-refractivity contribution < 1.29 is 9.84 Å². The van der Waals surface area contributed by atoms with E-state index in [-0.39, 0.29) is 6.04 Å². The van der Waals surface area contributed by atoms with Crippen molar-refractivity contribution >= 4 is 0 Å². The summed E-state index contributed by atoms with van der Waals surface area (Å²) in [5.41, 5.74) is 2.24. The first-order valence-corrected chi connectivity index (χ1v) is 8.25. The van der Waals surface area contributed by atoms with E-state index >= 15 is 0 Å². The molecule has 2 atom stereocenters. The summed E-state index contributed by atoms with van der Waals surface area (Å²) in [6, 6.07) is 6.36. The van der Waals surface area contributed by atoms with Gasteiger partial charge in [0.15, 0.2) is 0 Å². The lowest BCUT2D eigenvalue weighted by atomic mass is 9.91. The highest BCUT2D eigenvalue weighted by atomic mass is 16.5. The SMILES string of the molecule is CC1CCN(C2COc3ccc(C(C)C)cc3C2O)CC1. The molecule has 0 bridgehead atoms. The Bertz CT molecular complexity index is 492. The Kier molecular flexibility index (Phi) is 4.23. The molecule has 0 saturated carbocycles. The number of likely N-dealkylation sites (tertiary alicyclic amines) is 1. The van der Waals surface area contributed by atoms with Gasteiger partial charge in [0.2, 0.25) is 0 Å². The van der Waals surface area contributed by atoms with Crippen molar-refractivity contribution in [3.8, 4) is 5.75 Å². The van der Waals surface area contributed by atoms with Crippen molar-refractivity contribution in [2.75, 3.05) is 19.7 Å². The van der Waals surface area contributed by atoms with Crippen LogP contribution in [-0.4, -0.2) is 35.7 Å². The molecule has 0 amide bonds.